The number of nitrogens with two attached hydrogens (primary N) is 1. The molecule has 0 unspecified atom stereocenters. The number of halogens is 1. The van der Waals surface area contributed by atoms with Crippen LogP contribution in [0.2, 0.25) is 0 Å². The molecule has 0 aromatic heterocycles. The maximum atomic E-state index is 12.0. The van der Waals surface area contributed by atoms with Gasteiger partial charge in [-0.1, -0.05) is 0 Å². The number of amides is 1. The summed E-state index contributed by atoms with van der Waals surface area (Å²) >= 11 is 0. The van der Waals surface area contributed by atoms with E-state index in [9.17, 15) is 4.79 Å². The van der Waals surface area contributed by atoms with Gasteiger partial charge in [-0.3, -0.25) is 4.79 Å². The molecule has 6 heteroatoms. The van der Waals surface area contributed by atoms with Crippen LogP contribution in [0.5, 0.6) is 5.75 Å². The Morgan fingerprint density at radius 2 is 2.05 bits per heavy atom. The summed E-state index contributed by atoms with van der Waals surface area (Å²) in [6.07, 6.45) is 1.32. The fourth-order valence-corrected chi connectivity index (χ4v) is 2.18. The van der Waals surface area contributed by atoms with Gasteiger partial charge in [-0.2, -0.15) is 0 Å². The van der Waals surface area contributed by atoms with E-state index in [4.69, 9.17) is 15.2 Å². The molecule has 1 aliphatic heterocycles. The Bertz CT molecular complexity index is 451. The van der Waals surface area contributed by atoms with Crippen LogP contribution in [0.1, 0.15) is 26.7 Å². The van der Waals surface area contributed by atoms with Crippen LogP contribution in [-0.4, -0.2) is 30.8 Å². The molecular formula is C15H23ClN2O3. The van der Waals surface area contributed by atoms with Crippen molar-refractivity contribution in [2.45, 2.75) is 45.0 Å². The topological polar surface area (TPSA) is 73.6 Å². The summed E-state index contributed by atoms with van der Waals surface area (Å²) < 4.78 is 11.1. The lowest BCUT2D eigenvalue weighted by atomic mass is 10.2. The minimum Gasteiger partial charge on any atom is -0.491 e. The van der Waals surface area contributed by atoms with E-state index in [0.717, 1.165) is 24.3 Å². The van der Waals surface area contributed by atoms with E-state index >= 15 is 0 Å². The third kappa shape index (κ3) is 5.19. The fraction of sp³-hybridized carbons (Fsp3) is 0.533. The third-order valence-corrected chi connectivity index (χ3v) is 3.16. The first-order valence-corrected chi connectivity index (χ1v) is 7.01. The van der Waals surface area contributed by atoms with Gasteiger partial charge in [-0.05, 0) is 51.0 Å². The molecule has 1 aliphatic rings. The standard InChI is InChI=1S/C15H22N2O3.ClH/c1-10(2)19-12-5-3-11(4-6-12)17-15(18)14-8-7-13(9-16)20-14;/h3-6,10,13-14H,7-9,16H2,1-2H3,(H,17,18);1H/t13-,14+;/m1./s1. The van der Waals surface area contributed by atoms with E-state index in [-0.39, 0.29) is 30.5 Å². The van der Waals surface area contributed by atoms with Crippen LogP contribution in [0.15, 0.2) is 24.3 Å². The van der Waals surface area contributed by atoms with Crippen LogP contribution in [0.3, 0.4) is 0 Å². The molecule has 0 radical (unpaired) electrons. The van der Waals surface area contributed by atoms with Crippen molar-refractivity contribution in [3.63, 3.8) is 0 Å². The van der Waals surface area contributed by atoms with Crippen LogP contribution < -0.4 is 15.8 Å². The quantitative estimate of drug-likeness (QED) is 0.875. The molecule has 1 aromatic rings. The first-order valence-electron chi connectivity index (χ1n) is 7.01. The molecule has 1 saturated heterocycles. The largest absolute Gasteiger partial charge is 0.491 e. The molecular weight excluding hydrogens is 292 g/mol. The second-order valence-corrected chi connectivity index (χ2v) is 5.24. The van der Waals surface area contributed by atoms with E-state index in [1.807, 2.05) is 38.1 Å². The van der Waals surface area contributed by atoms with Crippen molar-refractivity contribution in [3.8, 4) is 5.75 Å². The molecule has 5 nitrogen and oxygen atoms in total. The van der Waals surface area contributed by atoms with Gasteiger partial charge in [-0.15, -0.1) is 12.4 Å². The number of benzene rings is 1. The number of hydrogen-bond donors (Lipinski definition) is 2. The Kier molecular flexibility index (Phi) is 6.95. The summed E-state index contributed by atoms with van der Waals surface area (Å²) in [6, 6.07) is 7.33. The molecule has 0 spiro atoms. The summed E-state index contributed by atoms with van der Waals surface area (Å²) in [4.78, 5) is 12.0. The van der Waals surface area contributed by atoms with Crippen LogP contribution in [-0.2, 0) is 9.53 Å². The first-order chi connectivity index (χ1) is 9.58. The van der Waals surface area contributed by atoms with E-state index in [1.54, 1.807) is 0 Å². The molecule has 118 valence electrons. The molecule has 3 N–H and O–H groups in total. The average molecular weight is 315 g/mol. The molecule has 2 rings (SSSR count). The Labute approximate surface area is 131 Å². The summed E-state index contributed by atoms with van der Waals surface area (Å²) in [5.41, 5.74) is 6.28. The van der Waals surface area contributed by atoms with Gasteiger partial charge in [0.25, 0.3) is 5.91 Å². The van der Waals surface area contributed by atoms with Crippen molar-refractivity contribution in [3.05, 3.63) is 24.3 Å². The summed E-state index contributed by atoms with van der Waals surface area (Å²) in [5, 5.41) is 2.85. The molecule has 1 amide bonds. The molecule has 1 heterocycles. The average Bonchev–Trinajstić information content (AvgIpc) is 2.89. The maximum Gasteiger partial charge on any atom is 0.253 e. The highest BCUT2D eigenvalue weighted by atomic mass is 35.5. The predicted octanol–water partition coefficient (Wildman–Crippen LogP) is 2.34. The lowest BCUT2D eigenvalue weighted by Gasteiger charge is -2.13. The Balaban J connectivity index is 0.00000220. The highest BCUT2D eigenvalue weighted by molar-refractivity contribution is 5.94. The molecule has 1 aromatic carbocycles. The van der Waals surface area contributed by atoms with Crippen molar-refractivity contribution in [1.82, 2.24) is 0 Å². The number of carbonyl (C=O) groups is 1. The number of rotatable bonds is 5. The number of hydrogen-bond acceptors (Lipinski definition) is 4. The van der Waals surface area contributed by atoms with Crippen molar-refractivity contribution < 1.29 is 14.3 Å². The number of nitrogens with one attached hydrogen (secondary N) is 1. The smallest absolute Gasteiger partial charge is 0.253 e. The monoisotopic (exact) mass is 314 g/mol. The van der Waals surface area contributed by atoms with Gasteiger partial charge in [0.05, 0.1) is 12.2 Å². The molecule has 0 aliphatic carbocycles. The van der Waals surface area contributed by atoms with Gasteiger partial charge >= 0.3 is 0 Å². The lowest BCUT2D eigenvalue weighted by Crippen LogP contribution is -2.29. The second-order valence-electron chi connectivity index (χ2n) is 5.24. The summed E-state index contributed by atoms with van der Waals surface area (Å²) in [7, 11) is 0. The fourth-order valence-electron chi connectivity index (χ4n) is 2.18. The predicted molar refractivity (Wildman–Crippen MR) is 85.0 cm³/mol. The van der Waals surface area contributed by atoms with Crippen LogP contribution in [0, 0.1) is 0 Å². The van der Waals surface area contributed by atoms with Crippen molar-refractivity contribution in [1.29, 1.82) is 0 Å². The molecule has 0 saturated carbocycles. The van der Waals surface area contributed by atoms with Crippen molar-refractivity contribution in [2.24, 2.45) is 5.73 Å². The maximum absolute atomic E-state index is 12.0. The van der Waals surface area contributed by atoms with E-state index < -0.39 is 6.10 Å². The van der Waals surface area contributed by atoms with E-state index in [1.165, 1.54) is 0 Å². The third-order valence-electron chi connectivity index (χ3n) is 3.16. The SMILES string of the molecule is CC(C)Oc1ccc(NC(=O)[C@@H]2CC[C@H](CN)O2)cc1.Cl. The number of ether oxygens (including phenoxy) is 2. The Hall–Kier alpha value is -1.30. The minimum absolute atomic E-state index is 0. The van der Waals surface area contributed by atoms with Crippen LogP contribution in [0.25, 0.3) is 0 Å². The zero-order valence-electron chi connectivity index (χ0n) is 12.4. The highest BCUT2D eigenvalue weighted by Crippen LogP contribution is 2.21. The van der Waals surface area contributed by atoms with Crippen molar-refractivity contribution >= 4 is 24.0 Å². The summed E-state index contributed by atoms with van der Waals surface area (Å²) in [5.74, 6) is 0.678. The van der Waals surface area contributed by atoms with Gasteiger partial charge in [0.1, 0.15) is 11.9 Å². The zero-order valence-corrected chi connectivity index (χ0v) is 13.2. The van der Waals surface area contributed by atoms with Crippen LogP contribution in [0.4, 0.5) is 5.69 Å². The number of anilines is 1. The molecule has 1 fully saturated rings. The Morgan fingerprint density at radius 3 is 2.57 bits per heavy atom. The molecule has 0 bridgehead atoms. The van der Waals surface area contributed by atoms with Gasteiger partial charge in [-0.25, -0.2) is 0 Å². The van der Waals surface area contributed by atoms with E-state index in [2.05, 4.69) is 5.32 Å². The van der Waals surface area contributed by atoms with E-state index in [0.29, 0.717) is 6.54 Å². The Morgan fingerprint density at radius 1 is 1.38 bits per heavy atom. The number of carbonyl (C=O) groups excluding carboxylic acids is 1. The second kappa shape index (κ2) is 8.22. The van der Waals surface area contributed by atoms with Gasteiger partial charge in [0, 0.05) is 12.2 Å². The minimum atomic E-state index is -0.393. The first kappa shape index (κ1) is 17.8. The lowest BCUT2D eigenvalue weighted by molar-refractivity contribution is -0.126. The zero-order chi connectivity index (χ0) is 14.5. The van der Waals surface area contributed by atoms with Gasteiger partial charge in [0.15, 0.2) is 0 Å². The van der Waals surface area contributed by atoms with Gasteiger partial charge < -0.3 is 20.5 Å². The van der Waals surface area contributed by atoms with Crippen molar-refractivity contribution in [2.75, 3.05) is 11.9 Å². The highest BCUT2D eigenvalue weighted by Gasteiger charge is 2.29. The van der Waals surface area contributed by atoms with Crippen LogP contribution >= 0.6 is 12.4 Å². The van der Waals surface area contributed by atoms with Gasteiger partial charge in [0.2, 0.25) is 0 Å². The normalized spacial score (nSPS) is 21.0. The summed E-state index contributed by atoms with van der Waals surface area (Å²) in [6.45, 7) is 4.41. The molecule has 2 atom stereocenters. The molecule has 21 heavy (non-hydrogen) atoms.